The minimum atomic E-state index is -0.913. The molecule has 1 aromatic heterocycles. The molecule has 0 atom stereocenters. The minimum absolute atomic E-state index is 0. The van der Waals surface area contributed by atoms with Crippen molar-refractivity contribution in [2.45, 2.75) is 13.5 Å². The van der Waals surface area contributed by atoms with Crippen molar-refractivity contribution in [2.24, 2.45) is 0 Å². The van der Waals surface area contributed by atoms with Gasteiger partial charge in [-0.25, -0.2) is 0 Å². The van der Waals surface area contributed by atoms with Crippen LogP contribution in [0.4, 0.5) is 0 Å². The zero-order chi connectivity index (χ0) is 21.8. The molecule has 0 spiro atoms. The van der Waals surface area contributed by atoms with Crippen LogP contribution in [-0.4, -0.2) is 27.8 Å². The highest BCUT2D eigenvalue weighted by Gasteiger charge is 2.17. The van der Waals surface area contributed by atoms with Gasteiger partial charge in [-0.2, -0.15) is 0 Å². The van der Waals surface area contributed by atoms with Gasteiger partial charge in [0.1, 0.15) is 0 Å². The molecule has 0 saturated heterocycles. The van der Waals surface area contributed by atoms with Gasteiger partial charge in [-0.1, -0.05) is 60.1 Å². The number of hydrogen-bond acceptors (Lipinski definition) is 5. The van der Waals surface area contributed by atoms with E-state index < -0.39 is 5.97 Å². The van der Waals surface area contributed by atoms with Gasteiger partial charge in [-0.3, -0.25) is 4.79 Å². The molecule has 0 aliphatic carbocycles. The predicted molar refractivity (Wildman–Crippen MR) is 127 cm³/mol. The molecule has 0 amide bonds. The molecule has 0 saturated carbocycles. The number of nitrogens with one attached hydrogen (secondary N) is 1. The molecule has 32 heavy (non-hydrogen) atoms. The highest BCUT2D eigenvalue weighted by Crippen LogP contribution is 2.34. The van der Waals surface area contributed by atoms with Crippen LogP contribution in [0.5, 0.6) is 0 Å². The number of carboxylic acids is 1. The van der Waals surface area contributed by atoms with Gasteiger partial charge in [-0.15, -0.1) is 22.6 Å². The molecule has 1 heterocycles. The molecule has 0 radical (unpaired) electrons. The van der Waals surface area contributed by atoms with Crippen LogP contribution in [0.25, 0.3) is 34.0 Å². The number of carbonyl (C=O) groups is 1. The first kappa shape index (κ1) is 23.5. The molecule has 0 bridgehead atoms. The van der Waals surface area contributed by atoms with Crippen molar-refractivity contribution in [1.29, 1.82) is 0 Å². The van der Waals surface area contributed by atoms with E-state index in [0.29, 0.717) is 28.9 Å². The highest BCUT2D eigenvalue weighted by molar-refractivity contribution is 6.33. The zero-order valence-corrected chi connectivity index (χ0v) is 18.8. The van der Waals surface area contributed by atoms with Crippen LogP contribution in [0.1, 0.15) is 11.1 Å². The first-order valence-electron chi connectivity index (χ1n) is 9.73. The monoisotopic (exact) mass is 469 g/mol. The lowest BCUT2D eigenvalue weighted by Crippen LogP contribution is -2.21. The Bertz CT molecular complexity index is 1230. The summed E-state index contributed by atoms with van der Waals surface area (Å²) in [4.78, 5) is 10.7. The molecule has 4 rings (SSSR count). The Hall–Kier alpha value is -3.19. The molecule has 164 valence electrons. The third-order valence-electron chi connectivity index (χ3n) is 4.94. The van der Waals surface area contributed by atoms with Crippen molar-refractivity contribution in [2.75, 3.05) is 6.54 Å². The van der Waals surface area contributed by atoms with Crippen LogP contribution in [0, 0.1) is 6.92 Å². The first-order chi connectivity index (χ1) is 15.0. The van der Waals surface area contributed by atoms with E-state index in [4.69, 9.17) is 21.1 Å². The average molecular weight is 470 g/mol. The summed E-state index contributed by atoms with van der Waals surface area (Å²) in [5.41, 5.74) is 5.58. The number of benzene rings is 3. The summed E-state index contributed by atoms with van der Waals surface area (Å²) in [5.74, 6) is -0.191. The fourth-order valence-electron chi connectivity index (χ4n) is 3.40. The Morgan fingerprint density at radius 1 is 0.969 bits per heavy atom. The number of aliphatic carboxylic acids is 1. The Kier molecular flexibility index (Phi) is 7.64. The average Bonchev–Trinajstić information content (AvgIpc) is 3.25. The normalized spacial score (nSPS) is 10.6. The topological polar surface area (TPSA) is 88.2 Å². The summed E-state index contributed by atoms with van der Waals surface area (Å²) >= 11 is 6.36. The van der Waals surface area contributed by atoms with Gasteiger partial charge in [0.25, 0.3) is 0 Å². The summed E-state index contributed by atoms with van der Waals surface area (Å²) in [6.07, 6.45) is 0. The van der Waals surface area contributed by atoms with Crippen molar-refractivity contribution in [3.8, 4) is 34.0 Å². The summed E-state index contributed by atoms with van der Waals surface area (Å²) in [6.45, 7) is 2.29. The molecule has 4 aromatic rings. The van der Waals surface area contributed by atoms with Crippen molar-refractivity contribution in [1.82, 2.24) is 15.5 Å². The second-order valence-corrected chi connectivity index (χ2v) is 7.48. The second kappa shape index (κ2) is 10.4. The molecule has 3 aromatic carbocycles. The maximum atomic E-state index is 10.7. The second-order valence-electron chi connectivity index (χ2n) is 7.07. The molecule has 0 aliphatic heterocycles. The molecular weight excluding hydrogens is 449 g/mol. The van der Waals surface area contributed by atoms with Gasteiger partial charge in [0.05, 0.1) is 17.1 Å². The van der Waals surface area contributed by atoms with Gasteiger partial charge in [-0.05, 0) is 47.4 Å². The van der Waals surface area contributed by atoms with Gasteiger partial charge in [0.2, 0.25) is 11.8 Å². The minimum Gasteiger partial charge on any atom is -0.480 e. The fourth-order valence-corrected chi connectivity index (χ4v) is 3.60. The molecule has 6 nitrogen and oxygen atoms in total. The summed E-state index contributed by atoms with van der Waals surface area (Å²) in [6, 6.07) is 21.5. The Labute approximate surface area is 196 Å². The molecule has 8 heteroatoms. The first-order valence-corrected chi connectivity index (χ1v) is 10.1. The number of halogens is 2. The molecule has 0 unspecified atom stereocenters. The van der Waals surface area contributed by atoms with Crippen LogP contribution >= 0.6 is 24.0 Å². The lowest BCUT2D eigenvalue weighted by molar-refractivity contribution is -0.135. The van der Waals surface area contributed by atoms with Crippen LogP contribution in [-0.2, 0) is 11.3 Å². The predicted octanol–water partition coefficient (Wildman–Crippen LogP) is 5.63. The van der Waals surface area contributed by atoms with E-state index in [1.807, 2.05) is 49.4 Å². The summed E-state index contributed by atoms with van der Waals surface area (Å²) < 4.78 is 5.98. The molecule has 2 N–H and O–H groups in total. The van der Waals surface area contributed by atoms with Crippen molar-refractivity contribution in [3.63, 3.8) is 0 Å². The third kappa shape index (κ3) is 5.16. The number of rotatable bonds is 7. The fraction of sp³-hybridized carbons (Fsp3) is 0.125. The van der Waals surface area contributed by atoms with Crippen LogP contribution in [0.15, 0.2) is 71.1 Å². The largest absolute Gasteiger partial charge is 0.480 e. The molecular formula is C24H21Cl2N3O3. The highest BCUT2D eigenvalue weighted by atomic mass is 35.5. The van der Waals surface area contributed by atoms with Crippen molar-refractivity contribution >= 4 is 30.0 Å². The van der Waals surface area contributed by atoms with E-state index in [9.17, 15) is 4.79 Å². The number of nitrogens with zero attached hydrogens (tertiary/aromatic N) is 2. The smallest absolute Gasteiger partial charge is 0.317 e. The summed E-state index contributed by atoms with van der Waals surface area (Å²) in [5, 5.41) is 20.6. The summed E-state index contributed by atoms with van der Waals surface area (Å²) in [7, 11) is 0. The third-order valence-corrected chi connectivity index (χ3v) is 5.27. The van der Waals surface area contributed by atoms with E-state index in [0.717, 1.165) is 27.8 Å². The van der Waals surface area contributed by atoms with Crippen molar-refractivity contribution in [3.05, 3.63) is 82.9 Å². The number of aromatic nitrogens is 2. The lowest BCUT2D eigenvalue weighted by atomic mass is 9.96. The molecule has 0 fully saturated rings. The van der Waals surface area contributed by atoms with Gasteiger partial charge in [0.15, 0.2) is 0 Å². The lowest BCUT2D eigenvalue weighted by Gasteiger charge is -2.09. The quantitative estimate of drug-likeness (QED) is 0.364. The van der Waals surface area contributed by atoms with E-state index in [-0.39, 0.29) is 19.0 Å². The van der Waals surface area contributed by atoms with E-state index in [2.05, 4.69) is 33.7 Å². The van der Waals surface area contributed by atoms with Crippen LogP contribution in [0.3, 0.4) is 0 Å². The maximum Gasteiger partial charge on any atom is 0.317 e. The van der Waals surface area contributed by atoms with E-state index >= 15 is 0 Å². The zero-order valence-electron chi connectivity index (χ0n) is 17.2. The Morgan fingerprint density at radius 3 is 2.38 bits per heavy atom. The standard InChI is InChI=1S/C24H20ClN3O3.ClH/c1-15-18(17-6-3-2-4-7-17)8-5-9-19(15)23-27-28-24(31-23)20-12-16(10-11-21(20)25)13-26-14-22(29)30;/h2-12,26H,13-14H2,1H3,(H,29,30);1H. The number of carboxylic acid groups (broad SMARTS) is 1. The molecule has 0 aliphatic rings. The van der Waals surface area contributed by atoms with E-state index in [1.54, 1.807) is 6.07 Å². The van der Waals surface area contributed by atoms with Gasteiger partial charge >= 0.3 is 5.97 Å². The van der Waals surface area contributed by atoms with Crippen molar-refractivity contribution < 1.29 is 14.3 Å². The van der Waals surface area contributed by atoms with Gasteiger partial charge < -0.3 is 14.8 Å². The Morgan fingerprint density at radius 2 is 1.66 bits per heavy atom. The van der Waals surface area contributed by atoms with Crippen LogP contribution in [0.2, 0.25) is 5.02 Å². The Balaban J connectivity index is 0.00000289. The van der Waals surface area contributed by atoms with Crippen LogP contribution < -0.4 is 5.32 Å². The number of hydrogen-bond donors (Lipinski definition) is 2. The van der Waals surface area contributed by atoms with E-state index in [1.165, 1.54) is 0 Å². The maximum absolute atomic E-state index is 10.7. The SMILES string of the molecule is Cc1c(-c2ccccc2)cccc1-c1nnc(-c2cc(CNCC(=O)O)ccc2Cl)o1.Cl. The van der Waals surface area contributed by atoms with Gasteiger partial charge in [0, 0.05) is 12.1 Å².